The number of carbonyl (C=O) groups excluding carboxylic acids is 1. The molecule has 0 bridgehead atoms. The molecule has 2 heterocycles. The molecule has 8 nitrogen and oxygen atoms in total. The average Bonchev–Trinajstić information content (AvgIpc) is 2.71. The second kappa shape index (κ2) is 9.51. The first-order chi connectivity index (χ1) is 14.0. The maximum atomic E-state index is 14.6. The quantitative estimate of drug-likeness (QED) is 0.459. The smallest absolute Gasteiger partial charge is 0.252 e. The first-order valence-electron chi connectivity index (χ1n) is 9.97. The van der Waals surface area contributed by atoms with Gasteiger partial charge in [-0.2, -0.15) is 0 Å². The number of anilines is 4. The van der Waals surface area contributed by atoms with Crippen LogP contribution in [0.5, 0.6) is 0 Å². The first kappa shape index (κ1) is 20.8. The highest BCUT2D eigenvalue weighted by Gasteiger charge is 2.24. The Labute approximate surface area is 169 Å². The molecule has 7 N–H and O–H groups in total. The number of rotatable bonds is 8. The molecule has 0 saturated heterocycles. The molecule has 29 heavy (non-hydrogen) atoms. The van der Waals surface area contributed by atoms with Crippen molar-refractivity contribution in [2.45, 2.75) is 51.1 Å². The van der Waals surface area contributed by atoms with Gasteiger partial charge in [-0.1, -0.05) is 19.8 Å². The Bertz CT molecular complexity index is 843. The van der Waals surface area contributed by atoms with Crippen molar-refractivity contribution in [3.05, 3.63) is 35.8 Å². The zero-order valence-electron chi connectivity index (χ0n) is 16.5. The minimum absolute atomic E-state index is 0.0332. The molecular formula is C20H28FN7O. The van der Waals surface area contributed by atoms with E-state index in [-0.39, 0.29) is 29.3 Å². The highest BCUT2D eigenvalue weighted by atomic mass is 19.1. The van der Waals surface area contributed by atoms with Crippen LogP contribution < -0.4 is 27.4 Å². The third kappa shape index (κ3) is 5.32. The second-order valence-electron chi connectivity index (χ2n) is 7.26. The molecule has 0 radical (unpaired) electrons. The van der Waals surface area contributed by atoms with E-state index in [4.69, 9.17) is 11.5 Å². The highest BCUT2D eigenvalue weighted by Crippen LogP contribution is 2.26. The molecule has 1 amide bonds. The molecule has 1 aliphatic rings. The minimum atomic E-state index is -0.769. The Hall–Kier alpha value is -2.94. The molecule has 2 aromatic heterocycles. The number of hydrogen-bond donors (Lipinski definition) is 5. The number of carbonyl (C=O) groups is 1. The number of aromatic nitrogens is 2. The van der Waals surface area contributed by atoms with Crippen molar-refractivity contribution in [2.24, 2.45) is 11.5 Å². The number of nitrogens with two attached hydrogens (primary N) is 2. The molecule has 0 aromatic carbocycles. The molecule has 156 valence electrons. The van der Waals surface area contributed by atoms with Crippen LogP contribution in [0, 0.1) is 5.82 Å². The molecule has 2 atom stereocenters. The number of nitrogens with zero attached hydrogens (tertiary/aromatic N) is 2. The maximum Gasteiger partial charge on any atom is 0.252 e. The molecule has 0 aliphatic heterocycles. The molecule has 0 spiro atoms. The second-order valence-corrected chi connectivity index (χ2v) is 7.26. The maximum absolute atomic E-state index is 14.6. The van der Waals surface area contributed by atoms with Gasteiger partial charge in [0.2, 0.25) is 0 Å². The summed E-state index contributed by atoms with van der Waals surface area (Å²) in [7, 11) is 0. The van der Waals surface area contributed by atoms with E-state index in [1.54, 1.807) is 12.3 Å². The highest BCUT2D eigenvalue weighted by molar-refractivity contribution is 5.98. The van der Waals surface area contributed by atoms with Crippen LogP contribution in [0.25, 0.3) is 0 Å². The number of pyridine rings is 2. The zero-order valence-corrected chi connectivity index (χ0v) is 16.5. The van der Waals surface area contributed by atoms with Gasteiger partial charge in [0, 0.05) is 18.6 Å². The van der Waals surface area contributed by atoms with Gasteiger partial charge in [0.15, 0.2) is 11.6 Å². The summed E-state index contributed by atoms with van der Waals surface area (Å²) in [6.45, 7) is 2.89. The van der Waals surface area contributed by atoms with Crippen molar-refractivity contribution in [1.82, 2.24) is 9.97 Å². The number of hydrogen-bond acceptors (Lipinski definition) is 7. The molecule has 3 rings (SSSR count). The van der Waals surface area contributed by atoms with Crippen LogP contribution in [0.15, 0.2) is 24.4 Å². The van der Waals surface area contributed by atoms with Crippen LogP contribution >= 0.6 is 0 Å². The number of amides is 1. The van der Waals surface area contributed by atoms with Crippen molar-refractivity contribution in [2.75, 3.05) is 22.5 Å². The van der Waals surface area contributed by atoms with E-state index < -0.39 is 11.7 Å². The summed E-state index contributed by atoms with van der Waals surface area (Å²) in [5, 5.41) is 9.29. The summed E-state index contributed by atoms with van der Waals surface area (Å²) in [5.41, 5.74) is 12.1. The molecule has 9 heteroatoms. The fourth-order valence-corrected chi connectivity index (χ4v) is 3.35. The van der Waals surface area contributed by atoms with Gasteiger partial charge in [-0.25, -0.2) is 14.4 Å². The molecule has 1 fully saturated rings. The van der Waals surface area contributed by atoms with Crippen LogP contribution in [-0.2, 0) is 0 Å². The summed E-state index contributed by atoms with van der Waals surface area (Å²) < 4.78 is 14.6. The molecule has 1 aliphatic carbocycles. The van der Waals surface area contributed by atoms with E-state index >= 15 is 0 Å². The summed E-state index contributed by atoms with van der Waals surface area (Å²) in [6.07, 6.45) is 6.43. The van der Waals surface area contributed by atoms with Crippen molar-refractivity contribution < 1.29 is 9.18 Å². The van der Waals surface area contributed by atoms with Crippen LogP contribution in [0.4, 0.5) is 27.5 Å². The average molecular weight is 401 g/mol. The van der Waals surface area contributed by atoms with E-state index in [1.165, 1.54) is 0 Å². The molecule has 1 saturated carbocycles. The van der Waals surface area contributed by atoms with Gasteiger partial charge in [0.1, 0.15) is 11.6 Å². The summed E-state index contributed by atoms with van der Waals surface area (Å²) >= 11 is 0. The van der Waals surface area contributed by atoms with Gasteiger partial charge in [-0.3, -0.25) is 4.79 Å². The van der Waals surface area contributed by atoms with Crippen molar-refractivity contribution >= 4 is 29.0 Å². The lowest BCUT2D eigenvalue weighted by atomic mass is 9.91. The van der Waals surface area contributed by atoms with Crippen molar-refractivity contribution in [3.63, 3.8) is 0 Å². The van der Waals surface area contributed by atoms with E-state index in [1.807, 2.05) is 6.07 Å². The predicted molar refractivity (Wildman–Crippen MR) is 113 cm³/mol. The van der Waals surface area contributed by atoms with Gasteiger partial charge < -0.3 is 27.4 Å². The molecule has 2 aromatic rings. The Kier molecular flexibility index (Phi) is 6.82. The van der Waals surface area contributed by atoms with Gasteiger partial charge in [-0.15, -0.1) is 0 Å². The molecular weight excluding hydrogens is 373 g/mol. The lowest BCUT2D eigenvalue weighted by molar-refractivity contribution is 0.100. The van der Waals surface area contributed by atoms with Gasteiger partial charge in [-0.05, 0) is 37.5 Å². The third-order valence-electron chi connectivity index (χ3n) is 4.97. The van der Waals surface area contributed by atoms with Gasteiger partial charge in [0.05, 0.1) is 17.4 Å². The summed E-state index contributed by atoms with van der Waals surface area (Å²) in [4.78, 5) is 20.4. The topological polar surface area (TPSA) is 131 Å². The monoisotopic (exact) mass is 401 g/mol. The van der Waals surface area contributed by atoms with E-state index in [2.05, 4.69) is 32.8 Å². The Morgan fingerprint density at radius 1 is 1.28 bits per heavy atom. The van der Waals surface area contributed by atoms with Crippen LogP contribution in [0.3, 0.4) is 0 Å². The van der Waals surface area contributed by atoms with Gasteiger partial charge in [0.25, 0.3) is 5.91 Å². The summed E-state index contributed by atoms with van der Waals surface area (Å²) in [6, 6.07) is 4.57. The van der Waals surface area contributed by atoms with Crippen LogP contribution in [0.2, 0.25) is 0 Å². The number of halogens is 1. The lowest BCUT2D eigenvalue weighted by Gasteiger charge is -2.30. The third-order valence-corrected chi connectivity index (χ3v) is 4.97. The first-order valence-corrected chi connectivity index (χ1v) is 9.97. The normalized spacial score (nSPS) is 18.9. The minimum Gasteiger partial charge on any atom is -0.370 e. The zero-order chi connectivity index (χ0) is 20.8. The standard InChI is InChI=1S/C20H28FN7O/c1-2-9-24-17-8-7-12(11-25-17)26-19-13(18(23)29)10-14(21)20(28-19)27-16-6-4-3-5-15(16)22/h7-8,10-11,15-16H,2-6,9,22H2,1H3,(H2,23,29)(H,24,25)(H2,26,27,28)/t15-,16?/m0/s1. The van der Waals surface area contributed by atoms with E-state index in [0.29, 0.717) is 5.69 Å². The fourth-order valence-electron chi connectivity index (χ4n) is 3.35. The number of primary amides is 1. The van der Waals surface area contributed by atoms with Crippen molar-refractivity contribution in [3.8, 4) is 0 Å². The van der Waals surface area contributed by atoms with Crippen LogP contribution in [0.1, 0.15) is 49.4 Å². The Morgan fingerprint density at radius 3 is 2.72 bits per heavy atom. The van der Waals surface area contributed by atoms with Crippen molar-refractivity contribution in [1.29, 1.82) is 0 Å². The van der Waals surface area contributed by atoms with Crippen LogP contribution in [-0.4, -0.2) is 34.5 Å². The fraction of sp³-hybridized carbons (Fsp3) is 0.450. The Morgan fingerprint density at radius 2 is 2.07 bits per heavy atom. The SMILES string of the molecule is CCCNc1ccc(Nc2nc(NC3CCCC[C@@H]3N)c(F)cc2C(N)=O)cn1. The Balaban J connectivity index is 1.83. The number of nitrogens with one attached hydrogen (secondary N) is 3. The van der Waals surface area contributed by atoms with Gasteiger partial charge >= 0.3 is 0 Å². The molecule has 1 unspecified atom stereocenters. The lowest BCUT2D eigenvalue weighted by Crippen LogP contribution is -2.43. The van der Waals surface area contributed by atoms with E-state index in [0.717, 1.165) is 50.5 Å². The van der Waals surface area contributed by atoms with E-state index in [9.17, 15) is 9.18 Å². The predicted octanol–water partition coefficient (Wildman–Crippen LogP) is 2.96. The largest absolute Gasteiger partial charge is 0.370 e. The summed E-state index contributed by atoms with van der Waals surface area (Å²) in [5.74, 6) is -0.447.